The number of aldehydes is 1. The summed E-state index contributed by atoms with van der Waals surface area (Å²) < 4.78 is 1.65. The molecule has 1 fully saturated rings. The zero-order valence-electron chi connectivity index (χ0n) is 9.07. The Morgan fingerprint density at radius 1 is 1.73 bits per heavy atom. The third-order valence-corrected chi connectivity index (χ3v) is 2.98. The van der Waals surface area contributed by atoms with Gasteiger partial charge in [-0.3, -0.25) is 9.48 Å². The van der Waals surface area contributed by atoms with E-state index < -0.39 is 0 Å². The topological polar surface area (TPSA) is 46.9 Å². The first kappa shape index (κ1) is 10.4. The van der Waals surface area contributed by atoms with Crippen LogP contribution in [0.5, 0.6) is 0 Å². The largest absolute Gasteiger partial charge is 0.316 e. The number of hydrogen-bond acceptors (Lipinski definition) is 3. The molecule has 0 aliphatic carbocycles. The molecule has 1 aliphatic heterocycles. The molecule has 1 aliphatic rings. The van der Waals surface area contributed by atoms with Crippen molar-refractivity contribution in [3.8, 4) is 0 Å². The van der Waals surface area contributed by atoms with Crippen LogP contribution in [-0.2, 0) is 13.5 Å². The Hall–Kier alpha value is -1.16. The molecule has 1 saturated heterocycles. The molecular formula is C11H17N3O. The van der Waals surface area contributed by atoms with Crippen LogP contribution in [0.25, 0.3) is 0 Å². The molecule has 0 radical (unpaired) electrons. The maximum absolute atomic E-state index is 10.7. The number of rotatable bonds is 3. The molecule has 1 N–H and O–H groups in total. The van der Waals surface area contributed by atoms with Crippen LogP contribution in [0.4, 0.5) is 0 Å². The molecule has 0 spiro atoms. The Morgan fingerprint density at radius 3 is 3.20 bits per heavy atom. The highest BCUT2D eigenvalue weighted by molar-refractivity contribution is 5.72. The van der Waals surface area contributed by atoms with Crippen molar-refractivity contribution in [2.24, 2.45) is 13.0 Å². The molecular weight excluding hydrogens is 190 g/mol. The Morgan fingerprint density at radius 2 is 2.60 bits per heavy atom. The highest BCUT2D eigenvalue weighted by Crippen LogP contribution is 2.15. The van der Waals surface area contributed by atoms with Gasteiger partial charge in [-0.1, -0.05) is 0 Å². The van der Waals surface area contributed by atoms with Gasteiger partial charge in [0, 0.05) is 7.05 Å². The quantitative estimate of drug-likeness (QED) is 0.745. The summed E-state index contributed by atoms with van der Waals surface area (Å²) in [5.74, 6) is 0.674. The zero-order valence-corrected chi connectivity index (χ0v) is 9.07. The lowest BCUT2D eigenvalue weighted by molar-refractivity contribution is 0.111. The van der Waals surface area contributed by atoms with E-state index in [1.165, 1.54) is 12.8 Å². The van der Waals surface area contributed by atoms with E-state index in [2.05, 4.69) is 10.4 Å². The maximum atomic E-state index is 10.7. The molecule has 2 rings (SSSR count). The minimum atomic E-state index is 0.661. The predicted octanol–water partition coefficient (Wildman–Crippen LogP) is 0.775. The molecule has 2 heterocycles. The minimum absolute atomic E-state index is 0.661. The van der Waals surface area contributed by atoms with Gasteiger partial charge in [-0.05, 0) is 44.3 Å². The molecule has 1 unspecified atom stereocenters. The van der Waals surface area contributed by atoms with E-state index in [1.807, 2.05) is 13.1 Å². The van der Waals surface area contributed by atoms with Gasteiger partial charge >= 0.3 is 0 Å². The molecule has 82 valence electrons. The van der Waals surface area contributed by atoms with Gasteiger partial charge in [0.1, 0.15) is 5.69 Å². The Labute approximate surface area is 89.7 Å². The number of carbonyl (C=O) groups is 1. The standard InChI is InChI=1S/C11H17N3O/c1-14-11(8-15)6-10(13-14)5-9-3-2-4-12-7-9/h6,8-9,12H,2-5,7H2,1H3. The second-order valence-electron chi connectivity index (χ2n) is 4.22. The summed E-state index contributed by atoms with van der Waals surface area (Å²) in [5.41, 5.74) is 1.70. The van der Waals surface area contributed by atoms with Crippen LogP contribution >= 0.6 is 0 Å². The third kappa shape index (κ3) is 2.45. The fourth-order valence-electron chi connectivity index (χ4n) is 2.15. The maximum Gasteiger partial charge on any atom is 0.168 e. The average molecular weight is 207 g/mol. The average Bonchev–Trinajstić information content (AvgIpc) is 2.60. The molecule has 1 aromatic rings. The van der Waals surface area contributed by atoms with Crippen LogP contribution in [0, 0.1) is 5.92 Å². The lowest BCUT2D eigenvalue weighted by Crippen LogP contribution is -2.30. The van der Waals surface area contributed by atoms with Crippen molar-refractivity contribution in [1.82, 2.24) is 15.1 Å². The second kappa shape index (κ2) is 4.57. The Kier molecular flexibility index (Phi) is 3.16. The first-order valence-electron chi connectivity index (χ1n) is 5.48. The van der Waals surface area contributed by atoms with E-state index in [0.717, 1.165) is 31.5 Å². The molecule has 0 saturated carbocycles. The van der Waals surface area contributed by atoms with Crippen molar-refractivity contribution in [3.63, 3.8) is 0 Å². The monoisotopic (exact) mass is 207 g/mol. The molecule has 4 nitrogen and oxygen atoms in total. The number of carbonyl (C=O) groups excluding carboxylic acids is 1. The van der Waals surface area contributed by atoms with Crippen LogP contribution < -0.4 is 5.32 Å². The first-order chi connectivity index (χ1) is 7.29. The molecule has 0 aromatic carbocycles. The number of piperidine rings is 1. The van der Waals surface area contributed by atoms with Crippen molar-refractivity contribution < 1.29 is 4.79 Å². The van der Waals surface area contributed by atoms with Gasteiger partial charge in [-0.25, -0.2) is 0 Å². The number of hydrogen-bond donors (Lipinski definition) is 1. The van der Waals surface area contributed by atoms with Crippen LogP contribution in [-0.4, -0.2) is 29.2 Å². The van der Waals surface area contributed by atoms with Gasteiger partial charge in [0.2, 0.25) is 0 Å². The highest BCUT2D eigenvalue weighted by atomic mass is 16.1. The van der Waals surface area contributed by atoms with Gasteiger partial charge in [-0.15, -0.1) is 0 Å². The summed E-state index contributed by atoms with van der Waals surface area (Å²) in [5, 5.41) is 7.72. The zero-order chi connectivity index (χ0) is 10.7. The first-order valence-corrected chi connectivity index (χ1v) is 5.48. The smallest absolute Gasteiger partial charge is 0.168 e. The van der Waals surface area contributed by atoms with Crippen LogP contribution in [0.3, 0.4) is 0 Å². The third-order valence-electron chi connectivity index (χ3n) is 2.98. The van der Waals surface area contributed by atoms with E-state index in [4.69, 9.17) is 0 Å². The molecule has 0 amide bonds. The van der Waals surface area contributed by atoms with Crippen molar-refractivity contribution in [2.45, 2.75) is 19.3 Å². The second-order valence-corrected chi connectivity index (χ2v) is 4.22. The van der Waals surface area contributed by atoms with E-state index in [-0.39, 0.29) is 0 Å². The van der Waals surface area contributed by atoms with Gasteiger partial charge in [-0.2, -0.15) is 5.10 Å². The van der Waals surface area contributed by atoms with Gasteiger partial charge < -0.3 is 5.32 Å². The van der Waals surface area contributed by atoms with Crippen molar-refractivity contribution in [3.05, 3.63) is 17.5 Å². The molecule has 4 heteroatoms. The highest BCUT2D eigenvalue weighted by Gasteiger charge is 2.15. The van der Waals surface area contributed by atoms with Crippen LogP contribution in [0.1, 0.15) is 29.0 Å². The van der Waals surface area contributed by atoms with Gasteiger partial charge in [0.15, 0.2) is 6.29 Å². The Balaban J connectivity index is 2.00. The molecule has 0 bridgehead atoms. The molecule has 1 atom stereocenters. The summed E-state index contributed by atoms with van der Waals surface area (Å²) in [6, 6.07) is 1.89. The summed E-state index contributed by atoms with van der Waals surface area (Å²) in [6.45, 7) is 2.21. The van der Waals surface area contributed by atoms with E-state index in [1.54, 1.807) is 4.68 Å². The normalized spacial score (nSPS) is 21.5. The SMILES string of the molecule is Cn1nc(CC2CCCNC2)cc1C=O. The number of nitrogens with zero attached hydrogens (tertiary/aromatic N) is 2. The predicted molar refractivity (Wildman–Crippen MR) is 57.9 cm³/mol. The van der Waals surface area contributed by atoms with Crippen molar-refractivity contribution in [2.75, 3.05) is 13.1 Å². The van der Waals surface area contributed by atoms with Gasteiger partial charge in [0.25, 0.3) is 0 Å². The summed E-state index contributed by atoms with van der Waals surface area (Å²) in [6.07, 6.45) is 4.35. The van der Waals surface area contributed by atoms with E-state index in [9.17, 15) is 4.79 Å². The fourth-order valence-corrected chi connectivity index (χ4v) is 2.15. The number of nitrogens with one attached hydrogen (secondary N) is 1. The lowest BCUT2D eigenvalue weighted by atomic mass is 9.95. The van der Waals surface area contributed by atoms with Crippen molar-refractivity contribution in [1.29, 1.82) is 0 Å². The fraction of sp³-hybridized carbons (Fsp3) is 0.636. The summed E-state index contributed by atoms with van der Waals surface area (Å²) in [7, 11) is 1.81. The van der Waals surface area contributed by atoms with Crippen LogP contribution in [0.15, 0.2) is 6.07 Å². The van der Waals surface area contributed by atoms with E-state index in [0.29, 0.717) is 11.6 Å². The van der Waals surface area contributed by atoms with Crippen LogP contribution in [0.2, 0.25) is 0 Å². The van der Waals surface area contributed by atoms with Crippen molar-refractivity contribution >= 4 is 6.29 Å². The molecule has 15 heavy (non-hydrogen) atoms. The van der Waals surface area contributed by atoms with Gasteiger partial charge in [0.05, 0.1) is 5.69 Å². The number of aryl methyl sites for hydroxylation is 1. The minimum Gasteiger partial charge on any atom is -0.316 e. The Bertz CT molecular complexity index is 340. The lowest BCUT2D eigenvalue weighted by Gasteiger charge is -2.21. The number of aromatic nitrogens is 2. The van der Waals surface area contributed by atoms with E-state index >= 15 is 0 Å². The summed E-state index contributed by atoms with van der Waals surface area (Å²) >= 11 is 0. The molecule has 1 aromatic heterocycles. The summed E-state index contributed by atoms with van der Waals surface area (Å²) in [4.78, 5) is 10.7.